The third kappa shape index (κ3) is 4.63. The first kappa shape index (κ1) is 15.6. The van der Waals surface area contributed by atoms with E-state index in [9.17, 15) is 8.42 Å². The molecule has 17 heavy (non-hydrogen) atoms. The Balaban J connectivity index is 3.03. The summed E-state index contributed by atoms with van der Waals surface area (Å²) in [6.07, 6.45) is 1.98. The zero-order valence-electron chi connectivity index (χ0n) is 8.74. The quantitative estimate of drug-likeness (QED) is 0.532. The number of hydrogen-bond acceptors (Lipinski definition) is 4. The Hall–Kier alpha value is 0.570. The van der Waals surface area contributed by atoms with E-state index in [-0.39, 0.29) is 4.90 Å². The predicted molar refractivity (Wildman–Crippen MR) is 78.8 cm³/mol. The normalized spacial score (nSPS) is 11.5. The Morgan fingerprint density at radius 2 is 1.88 bits per heavy atom. The number of rotatable bonds is 5. The van der Waals surface area contributed by atoms with Gasteiger partial charge in [0.1, 0.15) is 5.75 Å². The van der Waals surface area contributed by atoms with Crippen molar-refractivity contribution in [2.24, 2.45) is 0 Å². The highest BCUT2D eigenvalue weighted by Crippen LogP contribution is 2.36. The van der Waals surface area contributed by atoms with Gasteiger partial charge in [0.15, 0.2) is 0 Å². The standard InChI is InChI=1S/C9H9Br2ClO3S2/c1-16-3-2-15-9-7(10)4-6(5-8(9)11)17(12,13)14/h4-5H,2-3H2,1H3. The lowest BCUT2D eigenvalue weighted by atomic mass is 10.3. The molecule has 0 amide bonds. The molecule has 3 nitrogen and oxygen atoms in total. The van der Waals surface area contributed by atoms with Crippen LogP contribution in [0.3, 0.4) is 0 Å². The van der Waals surface area contributed by atoms with Crippen LogP contribution in [0.4, 0.5) is 0 Å². The van der Waals surface area contributed by atoms with E-state index in [4.69, 9.17) is 15.4 Å². The molecule has 0 N–H and O–H groups in total. The number of thioether (sulfide) groups is 1. The van der Waals surface area contributed by atoms with E-state index in [0.29, 0.717) is 21.3 Å². The Morgan fingerprint density at radius 1 is 1.35 bits per heavy atom. The molecule has 0 unspecified atom stereocenters. The second-order valence-electron chi connectivity index (χ2n) is 3.00. The number of halogens is 3. The third-order valence-corrected chi connectivity index (χ3v) is 4.87. The molecule has 8 heteroatoms. The maximum atomic E-state index is 11.2. The van der Waals surface area contributed by atoms with Crippen molar-refractivity contribution >= 4 is 63.4 Å². The summed E-state index contributed by atoms with van der Waals surface area (Å²) in [5.74, 6) is 1.43. The Bertz CT molecular complexity index is 482. The smallest absolute Gasteiger partial charge is 0.261 e. The molecule has 0 spiro atoms. The van der Waals surface area contributed by atoms with E-state index in [1.54, 1.807) is 11.8 Å². The van der Waals surface area contributed by atoms with Crippen LogP contribution in [0.5, 0.6) is 5.75 Å². The summed E-state index contributed by atoms with van der Waals surface area (Å²) in [6, 6.07) is 2.84. The Kier molecular flexibility index (Phi) is 6.12. The van der Waals surface area contributed by atoms with Crippen molar-refractivity contribution in [1.29, 1.82) is 0 Å². The second kappa shape index (κ2) is 6.65. The van der Waals surface area contributed by atoms with E-state index in [2.05, 4.69) is 31.9 Å². The van der Waals surface area contributed by atoms with Gasteiger partial charge in [0.25, 0.3) is 9.05 Å². The van der Waals surface area contributed by atoms with Gasteiger partial charge in [-0.05, 0) is 50.2 Å². The van der Waals surface area contributed by atoms with Crippen molar-refractivity contribution in [3.05, 3.63) is 21.1 Å². The van der Waals surface area contributed by atoms with Gasteiger partial charge < -0.3 is 4.74 Å². The van der Waals surface area contributed by atoms with Gasteiger partial charge >= 0.3 is 0 Å². The molecule has 0 radical (unpaired) electrons. The Morgan fingerprint density at radius 3 is 2.29 bits per heavy atom. The molecule has 0 saturated heterocycles. The summed E-state index contributed by atoms with van der Waals surface area (Å²) in [7, 11) is 1.53. The molecule has 96 valence electrons. The van der Waals surface area contributed by atoms with Crippen LogP contribution < -0.4 is 4.74 Å². The minimum absolute atomic E-state index is 0.0233. The molecule has 1 aromatic carbocycles. The summed E-state index contributed by atoms with van der Waals surface area (Å²) in [6.45, 7) is 0.547. The lowest BCUT2D eigenvalue weighted by Gasteiger charge is -2.10. The molecule has 0 atom stereocenters. The fourth-order valence-corrected chi connectivity index (χ4v) is 3.80. The maximum Gasteiger partial charge on any atom is 0.261 e. The van der Waals surface area contributed by atoms with E-state index in [0.717, 1.165) is 5.75 Å². The first-order chi connectivity index (χ1) is 7.86. The van der Waals surface area contributed by atoms with Crippen LogP contribution in [0.2, 0.25) is 0 Å². The summed E-state index contributed by atoms with van der Waals surface area (Å²) < 4.78 is 29.0. The van der Waals surface area contributed by atoms with Crippen molar-refractivity contribution in [3.63, 3.8) is 0 Å². The topological polar surface area (TPSA) is 43.4 Å². The van der Waals surface area contributed by atoms with Crippen molar-refractivity contribution in [3.8, 4) is 5.75 Å². The summed E-state index contributed by atoms with van der Waals surface area (Å²) in [5.41, 5.74) is 0. The molecule has 0 fully saturated rings. The number of benzene rings is 1. The Labute approximate surface area is 126 Å². The lowest BCUT2D eigenvalue weighted by molar-refractivity contribution is 0.339. The van der Waals surface area contributed by atoms with E-state index in [1.165, 1.54) is 12.1 Å². The fraction of sp³-hybridized carbons (Fsp3) is 0.333. The van der Waals surface area contributed by atoms with E-state index in [1.807, 2.05) is 6.26 Å². The summed E-state index contributed by atoms with van der Waals surface area (Å²) in [5, 5.41) is 0. The fourth-order valence-electron chi connectivity index (χ4n) is 1.04. The van der Waals surface area contributed by atoms with Gasteiger partial charge in [-0.25, -0.2) is 8.42 Å². The zero-order valence-corrected chi connectivity index (χ0v) is 14.3. The van der Waals surface area contributed by atoms with Gasteiger partial charge in [-0.1, -0.05) is 0 Å². The number of ether oxygens (including phenoxy) is 1. The largest absolute Gasteiger partial charge is 0.490 e. The van der Waals surface area contributed by atoms with Gasteiger partial charge in [0, 0.05) is 16.4 Å². The molecule has 0 aliphatic heterocycles. The third-order valence-electron chi connectivity index (χ3n) is 1.79. The van der Waals surface area contributed by atoms with Gasteiger partial charge in [0.05, 0.1) is 20.4 Å². The van der Waals surface area contributed by atoms with E-state index >= 15 is 0 Å². The molecule has 0 heterocycles. The molecule has 1 aromatic rings. The highest BCUT2D eigenvalue weighted by Gasteiger charge is 2.16. The van der Waals surface area contributed by atoms with Crippen molar-refractivity contribution in [2.75, 3.05) is 18.6 Å². The van der Waals surface area contributed by atoms with Crippen molar-refractivity contribution < 1.29 is 13.2 Å². The molecule has 1 rings (SSSR count). The van der Waals surface area contributed by atoms with Crippen LogP contribution in [0.15, 0.2) is 26.0 Å². The molecule has 0 bridgehead atoms. The minimum Gasteiger partial charge on any atom is -0.490 e. The van der Waals surface area contributed by atoms with Gasteiger partial charge in [0.2, 0.25) is 0 Å². The van der Waals surface area contributed by atoms with Gasteiger partial charge in [-0.15, -0.1) is 0 Å². The van der Waals surface area contributed by atoms with Crippen LogP contribution in [-0.2, 0) is 9.05 Å². The molecular weight excluding hydrogens is 415 g/mol. The first-order valence-electron chi connectivity index (χ1n) is 4.41. The molecule has 0 aromatic heterocycles. The molecule has 0 aliphatic rings. The number of hydrogen-bond donors (Lipinski definition) is 0. The predicted octanol–water partition coefficient (Wildman–Crippen LogP) is 3.88. The van der Waals surface area contributed by atoms with Gasteiger partial charge in [-0.2, -0.15) is 11.8 Å². The van der Waals surface area contributed by atoms with Crippen LogP contribution in [0.1, 0.15) is 0 Å². The first-order valence-corrected chi connectivity index (χ1v) is 9.70. The summed E-state index contributed by atoms with van der Waals surface area (Å²) >= 11 is 8.18. The maximum absolute atomic E-state index is 11.2. The van der Waals surface area contributed by atoms with Crippen LogP contribution in [0, 0.1) is 0 Å². The van der Waals surface area contributed by atoms with Crippen LogP contribution in [0.25, 0.3) is 0 Å². The lowest BCUT2D eigenvalue weighted by Crippen LogP contribution is -2.02. The monoisotopic (exact) mass is 422 g/mol. The molecule has 0 aliphatic carbocycles. The molecular formula is C9H9Br2ClO3S2. The van der Waals surface area contributed by atoms with E-state index < -0.39 is 9.05 Å². The summed E-state index contributed by atoms with van der Waals surface area (Å²) in [4.78, 5) is 0.0233. The van der Waals surface area contributed by atoms with Crippen LogP contribution >= 0.6 is 54.3 Å². The average molecular weight is 425 g/mol. The average Bonchev–Trinajstić information content (AvgIpc) is 2.20. The zero-order chi connectivity index (χ0) is 13.1. The van der Waals surface area contributed by atoms with Crippen LogP contribution in [-0.4, -0.2) is 27.0 Å². The SMILES string of the molecule is CSCCOc1c(Br)cc(S(=O)(=O)Cl)cc1Br. The minimum atomic E-state index is -3.74. The highest BCUT2D eigenvalue weighted by atomic mass is 79.9. The van der Waals surface area contributed by atoms with Crippen molar-refractivity contribution in [1.82, 2.24) is 0 Å². The molecule has 0 saturated carbocycles. The van der Waals surface area contributed by atoms with Gasteiger partial charge in [-0.3, -0.25) is 0 Å². The van der Waals surface area contributed by atoms with Crippen molar-refractivity contribution in [2.45, 2.75) is 4.90 Å². The highest BCUT2D eigenvalue weighted by molar-refractivity contribution is 9.11. The second-order valence-corrected chi connectivity index (χ2v) is 8.26.